The first kappa shape index (κ1) is 13.6. The van der Waals surface area contributed by atoms with Crippen LogP contribution in [0.1, 0.15) is 33.9 Å². The first-order chi connectivity index (χ1) is 10.2. The summed E-state index contributed by atoms with van der Waals surface area (Å²) in [6.45, 7) is 0.533. The van der Waals surface area contributed by atoms with E-state index in [1.807, 2.05) is 0 Å². The Labute approximate surface area is 124 Å². The molecule has 0 unspecified atom stereocenters. The third-order valence-corrected chi connectivity index (χ3v) is 4.45. The quantitative estimate of drug-likeness (QED) is 0.781. The summed E-state index contributed by atoms with van der Waals surface area (Å²) in [5.74, 6) is 0.727. The van der Waals surface area contributed by atoms with Crippen molar-refractivity contribution in [2.75, 3.05) is 17.6 Å². The Morgan fingerprint density at radius 3 is 3.05 bits per heavy atom. The van der Waals surface area contributed by atoms with Crippen LogP contribution in [0.5, 0.6) is 0 Å². The van der Waals surface area contributed by atoms with Gasteiger partial charge >= 0.3 is 0 Å². The number of thiophene rings is 1. The molecule has 1 aliphatic rings. The van der Waals surface area contributed by atoms with Crippen LogP contribution < -0.4 is 11.1 Å². The third kappa shape index (κ3) is 2.73. The molecule has 0 atom stereocenters. The highest BCUT2D eigenvalue weighted by atomic mass is 32.1. The predicted octanol–water partition coefficient (Wildman–Crippen LogP) is 1.83. The highest BCUT2D eigenvalue weighted by Gasteiger charge is 2.34. The first-order valence-corrected chi connectivity index (χ1v) is 7.38. The van der Waals surface area contributed by atoms with E-state index in [1.165, 1.54) is 17.7 Å². The van der Waals surface area contributed by atoms with Gasteiger partial charge in [-0.3, -0.25) is 4.79 Å². The van der Waals surface area contributed by atoms with Crippen LogP contribution in [-0.2, 0) is 6.42 Å². The number of Topliss-reactive ketones (excluding diaryl/α,β-unsaturated/α-hetero) is 1. The van der Waals surface area contributed by atoms with Crippen LogP contribution in [0, 0.1) is 17.2 Å². The molecule has 8 heteroatoms. The summed E-state index contributed by atoms with van der Waals surface area (Å²) in [5.41, 5.74) is 6.57. The number of nitrogens with two attached hydrogens (primary N) is 1. The van der Waals surface area contributed by atoms with Gasteiger partial charge in [0.1, 0.15) is 16.6 Å². The number of ketones is 1. The van der Waals surface area contributed by atoms with E-state index in [0.717, 1.165) is 12.8 Å². The Morgan fingerprint density at radius 1 is 1.62 bits per heavy atom. The molecule has 1 fully saturated rings. The number of nitrogen functional groups attached to an aromatic ring is 1. The van der Waals surface area contributed by atoms with Crippen LogP contribution >= 0.6 is 11.3 Å². The van der Waals surface area contributed by atoms with E-state index in [0.29, 0.717) is 39.9 Å². The average molecular weight is 303 g/mol. The maximum absolute atomic E-state index is 12.1. The molecule has 108 valence electrons. The van der Waals surface area contributed by atoms with E-state index in [9.17, 15) is 10.1 Å². The number of rotatable bonds is 6. The molecule has 3 rings (SSSR count). The van der Waals surface area contributed by atoms with Gasteiger partial charge < -0.3 is 15.6 Å². The molecular formula is C13H13N5O2S. The lowest BCUT2D eigenvalue weighted by atomic mass is 10.1. The minimum Gasteiger partial charge on any atom is -0.396 e. The van der Waals surface area contributed by atoms with Gasteiger partial charge in [0, 0.05) is 18.9 Å². The van der Waals surface area contributed by atoms with Gasteiger partial charge in [-0.15, -0.1) is 11.3 Å². The fraction of sp³-hybridized carbons (Fsp3) is 0.385. The Balaban J connectivity index is 1.73. The van der Waals surface area contributed by atoms with Gasteiger partial charge in [-0.2, -0.15) is 10.2 Å². The average Bonchev–Trinajstić information content (AvgIpc) is 3.11. The highest BCUT2D eigenvalue weighted by Crippen LogP contribution is 2.41. The van der Waals surface area contributed by atoms with Crippen LogP contribution in [0.4, 0.5) is 10.7 Å². The Kier molecular flexibility index (Phi) is 3.58. The van der Waals surface area contributed by atoms with Crippen molar-refractivity contribution in [2.45, 2.75) is 19.3 Å². The van der Waals surface area contributed by atoms with Gasteiger partial charge in [0.05, 0.1) is 10.6 Å². The first-order valence-electron chi connectivity index (χ1n) is 6.56. The lowest BCUT2D eigenvalue weighted by molar-refractivity contribution is 0.0972. The zero-order valence-electron chi connectivity index (χ0n) is 11.1. The minimum absolute atomic E-state index is 0.0558. The third-order valence-electron chi connectivity index (χ3n) is 3.27. The van der Waals surface area contributed by atoms with Gasteiger partial charge in [-0.25, -0.2) is 0 Å². The zero-order chi connectivity index (χ0) is 14.8. The normalized spacial score (nSPS) is 13.9. The number of hydrogen-bond acceptors (Lipinski definition) is 8. The maximum Gasteiger partial charge on any atom is 0.213 e. The van der Waals surface area contributed by atoms with Gasteiger partial charge in [0.25, 0.3) is 0 Å². The number of aromatic nitrogens is 2. The van der Waals surface area contributed by atoms with E-state index >= 15 is 0 Å². The number of nitrogens with one attached hydrogen (secondary N) is 1. The Hall–Kier alpha value is -2.40. The van der Waals surface area contributed by atoms with Crippen molar-refractivity contribution in [3.05, 3.63) is 22.7 Å². The standard InChI is InChI=1S/C13H13N5O2S/c14-5-8-10(15)12(11(19)7-1-2-7)21-13(8)16-4-3-9-17-6-20-18-9/h6-7,16H,1-4,15H2. The molecule has 0 aliphatic heterocycles. The summed E-state index contributed by atoms with van der Waals surface area (Å²) in [6.07, 6.45) is 3.66. The summed E-state index contributed by atoms with van der Waals surface area (Å²) in [5, 5.41) is 16.7. The minimum atomic E-state index is 0.0558. The summed E-state index contributed by atoms with van der Waals surface area (Å²) < 4.78 is 4.65. The molecule has 0 amide bonds. The SMILES string of the molecule is N#Cc1c(NCCc2ncon2)sc(C(=O)C2CC2)c1N. The fourth-order valence-corrected chi connectivity index (χ4v) is 3.10. The van der Waals surface area contributed by atoms with Crippen molar-refractivity contribution in [1.82, 2.24) is 10.1 Å². The van der Waals surface area contributed by atoms with Gasteiger partial charge in [-0.1, -0.05) is 5.16 Å². The van der Waals surface area contributed by atoms with Crippen molar-refractivity contribution in [1.29, 1.82) is 5.26 Å². The molecular weight excluding hydrogens is 290 g/mol. The number of nitriles is 1. The fourth-order valence-electron chi connectivity index (χ4n) is 1.98. The van der Waals surface area contributed by atoms with E-state index in [-0.39, 0.29) is 11.7 Å². The second-order valence-corrected chi connectivity index (χ2v) is 5.84. The number of hydrogen-bond donors (Lipinski definition) is 2. The lowest BCUT2D eigenvalue weighted by Crippen LogP contribution is -2.05. The molecule has 1 saturated carbocycles. The van der Waals surface area contributed by atoms with Crippen molar-refractivity contribution < 1.29 is 9.32 Å². The predicted molar refractivity (Wildman–Crippen MR) is 77.0 cm³/mol. The van der Waals surface area contributed by atoms with Gasteiger partial charge in [0.15, 0.2) is 11.6 Å². The second-order valence-electron chi connectivity index (χ2n) is 4.82. The van der Waals surface area contributed by atoms with Crippen LogP contribution in [0.3, 0.4) is 0 Å². The van der Waals surface area contributed by atoms with Crippen molar-refractivity contribution >= 4 is 27.8 Å². The van der Waals surface area contributed by atoms with E-state index in [2.05, 4.69) is 26.0 Å². The molecule has 2 heterocycles. The van der Waals surface area contributed by atoms with Crippen LogP contribution in [0.25, 0.3) is 0 Å². The molecule has 0 radical (unpaired) electrons. The molecule has 7 nitrogen and oxygen atoms in total. The lowest BCUT2D eigenvalue weighted by Gasteiger charge is -2.01. The molecule has 3 N–H and O–H groups in total. The molecule has 2 aromatic heterocycles. The van der Waals surface area contributed by atoms with Gasteiger partial charge in [0.2, 0.25) is 6.39 Å². The number of carbonyl (C=O) groups excluding carboxylic acids is 1. The molecule has 21 heavy (non-hydrogen) atoms. The smallest absolute Gasteiger partial charge is 0.213 e. The summed E-state index contributed by atoms with van der Waals surface area (Å²) in [7, 11) is 0. The number of nitrogens with zero attached hydrogens (tertiary/aromatic N) is 3. The van der Waals surface area contributed by atoms with Crippen LogP contribution in [-0.4, -0.2) is 22.5 Å². The molecule has 1 aliphatic carbocycles. The molecule has 0 saturated heterocycles. The summed E-state index contributed by atoms with van der Waals surface area (Å²) in [4.78, 5) is 16.5. The largest absolute Gasteiger partial charge is 0.396 e. The summed E-state index contributed by atoms with van der Waals surface area (Å²) >= 11 is 1.25. The molecule has 2 aromatic rings. The van der Waals surface area contributed by atoms with Gasteiger partial charge in [-0.05, 0) is 12.8 Å². The second kappa shape index (κ2) is 5.54. The monoisotopic (exact) mass is 303 g/mol. The Morgan fingerprint density at radius 2 is 2.43 bits per heavy atom. The van der Waals surface area contributed by atoms with E-state index in [1.54, 1.807) is 0 Å². The zero-order valence-corrected chi connectivity index (χ0v) is 11.9. The topological polar surface area (TPSA) is 118 Å². The molecule has 0 aromatic carbocycles. The Bertz CT molecular complexity index is 697. The maximum atomic E-state index is 12.1. The van der Waals surface area contributed by atoms with Crippen LogP contribution in [0.2, 0.25) is 0 Å². The van der Waals surface area contributed by atoms with Crippen LogP contribution in [0.15, 0.2) is 10.9 Å². The number of anilines is 2. The van der Waals surface area contributed by atoms with E-state index in [4.69, 9.17) is 5.73 Å². The van der Waals surface area contributed by atoms with Crippen molar-refractivity contribution in [2.24, 2.45) is 5.92 Å². The van der Waals surface area contributed by atoms with Crippen molar-refractivity contribution in [3.63, 3.8) is 0 Å². The summed E-state index contributed by atoms with van der Waals surface area (Å²) in [6, 6.07) is 2.06. The number of carbonyl (C=O) groups is 1. The molecule has 0 bridgehead atoms. The highest BCUT2D eigenvalue weighted by molar-refractivity contribution is 7.19. The molecule has 0 spiro atoms. The van der Waals surface area contributed by atoms with E-state index < -0.39 is 0 Å². The van der Waals surface area contributed by atoms with Crippen molar-refractivity contribution in [3.8, 4) is 6.07 Å².